The third-order valence-electron chi connectivity index (χ3n) is 4.17. The van der Waals surface area contributed by atoms with E-state index in [1.807, 2.05) is 24.3 Å². The number of imide groups is 1. The smallest absolute Gasteiger partial charge is 0.293 e. The first-order chi connectivity index (χ1) is 14.0. The van der Waals surface area contributed by atoms with E-state index in [1.54, 1.807) is 24.3 Å². The number of hydrogen-bond donors (Lipinski definition) is 0. The van der Waals surface area contributed by atoms with Gasteiger partial charge in [-0.05, 0) is 42.1 Å². The summed E-state index contributed by atoms with van der Waals surface area (Å²) >= 11 is 4.32. The van der Waals surface area contributed by atoms with Gasteiger partial charge in [-0.1, -0.05) is 34.1 Å². The summed E-state index contributed by atoms with van der Waals surface area (Å²) in [7, 11) is 1.52. The monoisotopic (exact) mass is 472 g/mol. The van der Waals surface area contributed by atoms with Gasteiger partial charge in [0.05, 0.1) is 29.7 Å². The van der Waals surface area contributed by atoms with Crippen LogP contribution in [0.3, 0.4) is 0 Å². The molecular formula is C21H17BrN2O4S. The molecule has 29 heavy (non-hydrogen) atoms. The Bertz CT molecular complexity index is 1020. The topological polar surface area (TPSA) is 79.6 Å². The summed E-state index contributed by atoms with van der Waals surface area (Å²) in [4.78, 5) is 26.2. The third kappa shape index (κ3) is 5.07. The highest BCUT2D eigenvalue weighted by Gasteiger charge is 2.34. The van der Waals surface area contributed by atoms with Crippen molar-refractivity contribution in [2.24, 2.45) is 0 Å². The van der Waals surface area contributed by atoms with E-state index in [0.29, 0.717) is 21.8 Å². The maximum atomic E-state index is 12.6. The largest absolute Gasteiger partial charge is 0.488 e. The van der Waals surface area contributed by atoms with Crippen LogP contribution in [-0.4, -0.2) is 36.3 Å². The lowest BCUT2D eigenvalue weighted by Crippen LogP contribution is -2.31. The van der Waals surface area contributed by atoms with Crippen molar-refractivity contribution >= 4 is 44.9 Å². The van der Waals surface area contributed by atoms with Gasteiger partial charge < -0.3 is 9.47 Å². The Hall–Kier alpha value is -2.60. The Labute approximate surface area is 181 Å². The van der Waals surface area contributed by atoms with Crippen molar-refractivity contribution in [3.05, 3.63) is 68.5 Å². The van der Waals surface area contributed by atoms with Crippen molar-refractivity contribution in [3.63, 3.8) is 0 Å². The van der Waals surface area contributed by atoms with Crippen LogP contribution in [0.5, 0.6) is 5.75 Å². The van der Waals surface area contributed by atoms with E-state index in [2.05, 4.69) is 22.0 Å². The van der Waals surface area contributed by atoms with E-state index in [9.17, 15) is 14.9 Å². The molecule has 0 saturated carbocycles. The molecule has 148 valence electrons. The standard InChI is InChI=1S/C21H17BrN2O4S/c1-27-9-8-24-20(25)19(29-21(24)26)11-16-10-17(22)6-7-18(16)28-13-15-5-3-2-4-14(15)12-23/h2-7,10-11H,8-9,13H2,1H3/b19-11+. The van der Waals surface area contributed by atoms with Gasteiger partial charge in [-0.2, -0.15) is 5.26 Å². The van der Waals surface area contributed by atoms with E-state index in [0.717, 1.165) is 21.8 Å². The number of ether oxygens (including phenoxy) is 2. The van der Waals surface area contributed by atoms with Gasteiger partial charge in [-0.3, -0.25) is 14.5 Å². The molecule has 2 aromatic rings. The molecule has 0 aliphatic carbocycles. The highest BCUT2D eigenvalue weighted by Crippen LogP contribution is 2.35. The van der Waals surface area contributed by atoms with Crippen LogP contribution in [0.2, 0.25) is 0 Å². The molecule has 0 N–H and O–H groups in total. The fraction of sp³-hybridized carbons (Fsp3) is 0.190. The Morgan fingerprint density at radius 3 is 2.79 bits per heavy atom. The highest BCUT2D eigenvalue weighted by atomic mass is 79.9. The summed E-state index contributed by atoms with van der Waals surface area (Å²) in [6, 6.07) is 14.8. The zero-order valence-electron chi connectivity index (χ0n) is 15.6. The van der Waals surface area contributed by atoms with Crippen LogP contribution >= 0.6 is 27.7 Å². The van der Waals surface area contributed by atoms with Gasteiger partial charge in [-0.25, -0.2) is 0 Å². The number of nitriles is 1. The Morgan fingerprint density at radius 1 is 1.24 bits per heavy atom. The molecule has 6 nitrogen and oxygen atoms in total. The minimum Gasteiger partial charge on any atom is -0.488 e. The predicted molar refractivity (Wildman–Crippen MR) is 114 cm³/mol. The van der Waals surface area contributed by atoms with Gasteiger partial charge in [0.2, 0.25) is 0 Å². The second kappa shape index (κ2) is 9.74. The summed E-state index contributed by atoms with van der Waals surface area (Å²) in [6.45, 7) is 0.710. The molecule has 1 aliphatic rings. The normalized spacial score (nSPS) is 15.1. The average molecular weight is 473 g/mol. The lowest BCUT2D eigenvalue weighted by Gasteiger charge is -2.12. The van der Waals surface area contributed by atoms with Crippen molar-refractivity contribution in [3.8, 4) is 11.8 Å². The highest BCUT2D eigenvalue weighted by molar-refractivity contribution is 9.10. The Balaban J connectivity index is 1.84. The number of amides is 2. The van der Waals surface area contributed by atoms with E-state index in [1.165, 1.54) is 12.0 Å². The molecular weight excluding hydrogens is 456 g/mol. The molecule has 0 spiro atoms. The number of nitrogens with zero attached hydrogens (tertiary/aromatic N) is 2. The summed E-state index contributed by atoms with van der Waals surface area (Å²) in [5.74, 6) is 0.197. The van der Waals surface area contributed by atoms with E-state index < -0.39 is 0 Å². The van der Waals surface area contributed by atoms with E-state index >= 15 is 0 Å². The van der Waals surface area contributed by atoms with Crippen LogP contribution in [0.1, 0.15) is 16.7 Å². The van der Waals surface area contributed by atoms with Gasteiger partial charge in [-0.15, -0.1) is 0 Å². The van der Waals surface area contributed by atoms with Crippen LogP contribution in [0, 0.1) is 11.3 Å². The quantitative estimate of drug-likeness (QED) is 0.548. The van der Waals surface area contributed by atoms with Gasteiger partial charge in [0, 0.05) is 22.7 Å². The second-order valence-corrected chi connectivity index (χ2v) is 7.97. The zero-order valence-corrected chi connectivity index (χ0v) is 18.0. The van der Waals surface area contributed by atoms with Gasteiger partial charge in [0.25, 0.3) is 11.1 Å². The lowest BCUT2D eigenvalue weighted by atomic mass is 10.1. The lowest BCUT2D eigenvalue weighted by molar-refractivity contribution is -0.123. The minimum absolute atomic E-state index is 0.210. The Morgan fingerprint density at radius 2 is 2.03 bits per heavy atom. The number of carbonyl (C=O) groups is 2. The molecule has 8 heteroatoms. The molecule has 2 aromatic carbocycles. The third-order valence-corrected chi connectivity index (χ3v) is 5.57. The van der Waals surface area contributed by atoms with Crippen LogP contribution in [0.4, 0.5) is 4.79 Å². The maximum absolute atomic E-state index is 12.6. The number of benzene rings is 2. The molecule has 2 amide bonds. The van der Waals surface area contributed by atoms with Gasteiger partial charge in [0.15, 0.2) is 0 Å². The molecule has 0 bridgehead atoms. The number of rotatable bonds is 7. The Kier molecular flexibility index (Phi) is 7.09. The zero-order chi connectivity index (χ0) is 20.8. The number of methoxy groups -OCH3 is 1. The predicted octanol–water partition coefficient (Wildman–Crippen LogP) is 4.58. The van der Waals surface area contributed by atoms with Crippen LogP contribution in [0.25, 0.3) is 6.08 Å². The average Bonchev–Trinajstić information content (AvgIpc) is 2.98. The van der Waals surface area contributed by atoms with Crippen LogP contribution in [-0.2, 0) is 16.1 Å². The second-order valence-electron chi connectivity index (χ2n) is 6.07. The van der Waals surface area contributed by atoms with Crippen molar-refractivity contribution in [2.45, 2.75) is 6.61 Å². The fourth-order valence-electron chi connectivity index (χ4n) is 2.69. The molecule has 0 unspecified atom stereocenters. The fourth-order valence-corrected chi connectivity index (χ4v) is 3.93. The number of carbonyl (C=O) groups excluding carboxylic acids is 2. The van der Waals surface area contributed by atoms with Crippen LogP contribution in [0.15, 0.2) is 51.8 Å². The number of thioether (sulfide) groups is 1. The van der Waals surface area contributed by atoms with Crippen molar-refractivity contribution in [1.82, 2.24) is 4.90 Å². The van der Waals surface area contributed by atoms with Crippen molar-refractivity contribution in [1.29, 1.82) is 5.26 Å². The van der Waals surface area contributed by atoms with Gasteiger partial charge in [0.1, 0.15) is 12.4 Å². The SMILES string of the molecule is COCCN1C(=O)S/C(=C/c2cc(Br)ccc2OCc2ccccc2C#N)C1=O. The molecule has 1 saturated heterocycles. The number of halogens is 1. The van der Waals surface area contributed by atoms with Crippen molar-refractivity contribution < 1.29 is 19.1 Å². The summed E-state index contributed by atoms with van der Waals surface area (Å²) in [5, 5.41) is 8.91. The van der Waals surface area contributed by atoms with Crippen molar-refractivity contribution in [2.75, 3.05) is 20.3 Å². The summed E-state index contributed by atoms with van der Waals surface area (Å²) < 4.78 is 11.7. The van der Waals surface area contributed by atoms with Crippen LogP contribution < -0.4 is 4.74 Å². The van der Waals surface area contributed by atoms with E-state index in [4.69, 9.17) is 9.47 Å². The first-order valence-electron chi connectivity index (χ1n) is 8.68. The molecule has 3 rings (SSSR count). The molecule has 1 fully saturated rings. The van der Waals surface area contributed by atoms with Gasteiger partial charge >= 0.3 is 0 Å². The first-order valence-corrected chi connectivity index (χ1v) is 10.3. The molecule has 0 radical (unpaired) electrons. The summed E-state index contributed by atoms with van der Waals surface area (Å²) in [5.41, 5.74) is 1.97. The first kappa shape index (κ1) is 21.1. The number of hydrogen-bond acceptors (Lipinski definition) is 6. The molecule has 1 heterocycles. The molecule has 0 aromatic heterocycles. The minimum atomic E-state index is -0.349. The maximum Gasteiger partial charge on any atom is 0.293 e. The summed E-state index contributed by atoms with van der Waals surface area (Å²) in [6.07, 6.45) is 1.65. The molecule has 1 aliphatic heterocycles. The molecule has 0 atom stereocenters. The van der Waals surface area contributed by atoms with E-state index in [-0.39, 0.29) is 30.9 Å².